The Morgan fingerprint density at radius 3 is 1.90 bits per heavy atom. The maximum Gasteiger partial charge on any atom is 0.243 e. The first kappa shape index (κ1) is 40.6. The van der Waals surface area contributed by atoms with Gasteiger partial charge in [0.05, 0.1) is 32.4 Å². The molecule has 0 bridgehead atoms. The molecule has 2 fully saturated rings. The molecule has 284 valence electrons. The smallest absolute Gasteiger partial charge is 0.243 e. The van der Waals surface area contributed by atoms with Crippen molar-refractivity contribution in [3.05, 3.63) is 71.8 Å². The Morgan fingerprint density at radius 1 is 0.769 bits per heavy atom. The molecule has 2 aliphatic heterocycles. The number of ether oxygens (including phenoxy) is 2. The van der Waals surface area contributed by atoms with Crippen LogP contribution in [0, 0.1) is 11.8 Å². The van der Waals surface area contributed by atoms with E-state index in [1.165, 1.54) is 0 Å². The van der Waals surface area contributed by atoms with E-state index in [4.69, 9.17) is 9.47 Å². The van der Waals surface area contributed by atoms with Crippen molar-refractivity contribution in [2.45, 2.75) is 96.5 Å². The second-order valence-electron chi connectivity index (χ2n) is 14.7. The van der Waals surface area contributed by atoms with Crippen LogP contribution in [0.25, 0.3) is 0 Å². The largest absolute Gasteiger partial charge is 0.379 e. The van der Waals surface area contributed by atoms with Gasteiger partial charge in [0.15, 0.2) is 5.78 Å². The molecule has 12 nitrogen and oxygen atoms in total. The normalized spacial score (nSPS) is 20.1. The topological polar surface area (TPSA) is 158 Å². The van der Waals surface area contributed by atoms with Crippen LogP contribution in [0.2, 0.25) is 0 Å². The molecule has 2 heterocycles. The third-order valence-corrected chi connectivity index (χ3v) is 9.83. The second-order valence-corrected chi connectivity index (χ2v) is 14.7. The lowest BCUT2D eigenvalue weighted by molar-refractivity contribution is -0.135. The molecule has 4 N–H and O–H groups in total. The second kappa shape index (κ2) is 19.6. The van der Waals surface area contributed by atoms with Crippen LogP contribution in [0.1, 0.15) is 65.0 Å². The van der Waals surface area contributed by atoms with Gasteiger partial charge in [0.25, 0.3) is 0 Å². The molecular formula is C40H57N5O7. The fourth-order valence-electron chi connectivity index (χ4n) is 6.27. The zero-order valence-corrected chi connectivity index (χ0v) is 31.3. The van der Waals surface area contributed by atoms with Crippen LogP contribution in [0.5, 0.6) is 0 Å². The third-order valence-electron chi connectivity index (χ3n) is 9.83. The summed E-state index contributed by atoms with van der Waals surface area (Å²) < 4.78 is 10.8. The molecule has 0 aliphatic carbocycles. The lowest BCUT2D eigenvalue weighted by Crippen LogP contribution is -2.59. The van der Waals surface area contributed by atoms with E-state index in [1.807, 2.05) is 93.3 Å². The lowest BCUT2D eigenvalue weighted by Gasteiger charge is -2.29. The van der Waals surface area contributed by atoms with E-state index >= 15 is 0 Å². The molecule has 2 aromatic rings. The van der Waals surface area contributed by atoms with Crippen LogP contribution < -0.4 is 21.3 Å². The number of ketones is 1. The summed E-state index contributed by atoms with van der Waals surface area (Å²) in [7, 11) is 0. The molecule has 6 atom stereocenters. The molecule has 5 unspecified atom stereocenters. The summed E-state index contributed by atoms with van der Waals surface area (Å²) in [4.78, 5) is 70.6. The first-order valence-corrected chi connectivity index (χ1v) is 18.6. The highest BCUT2D eigenvalue weighted by Crippen LogP contribution is 2.30. The Balaban J connectivity index is 1.52. The van der Waals surface area contributed by atoms with Crippen molar-refractivity contribution in [2.24, 2.45) is 11.8 Å². The number of carbonyl (C=O) groups is 5. The van der Waals surface area contributed by atoms with Crippen LogP contribution in [0.4, 0.5) is 0 Å². The molecule has 0 saturated carbocycles. The van der Waals surface area contributed by atoms with Crippen molar-refractivity contribution in [2.75, 3.05) is 39.5 Å². The average molecular weight is 720 g/mol. The highest BCUT2D eigenvalue weighted by Gasteiger charge is 2.51. The van der Waals surface area contributed by atoms with E-state index in [-0.39, 0.29) is 36.5 Å². The molecule has 0 spiro atoms. The van der Waals surface area contributed by atoms with Gasteiger partial charge in [-0.3, -0.25) is 28.9 Å². The number of nitrogens with zero attached hydrogens (tertiary/aromatic N) is 1. The number of carbonyl (C=O) groups excluding carboxylic acids is 5. The van der Waals surface area contributed by atoms with Crippen LogP contribution in [-0.2, 0) is 46.3 Å². The molecule has 2 saturated heterocycles. The van der Waals surface area contributed by atoms with Crippen molar-refractivity contribution in [1.82, 2.24) is 26.2 Å². The minimum atomic E-state index is -1.03. The zero-order valence-electron chi connectivity index (χ0n) is 31.3. The Morgan fingerprint density at radius 2 is 1.33 bits per heavy atom. The minimum Gasteiger partial charge on any atom is -0.379 e. The van der Waals surface area contributed by atoms with Gasteiger partial charge in [0.2, 0.25) is 23.6 Å². The number of Topliss-reactive ketones (excluding diaryl/α,β-unsaturated/α-hetero) is 1. The van der Waals surface area contributed by atoms with Gasteiger partial charge in [-0.15, -0.1) is 0 Å². The maximum atomic E-state index is 14.1. The van der Waals surface area contributed by atoms with Gasteiger partial charge in [0, 0.05) is 19.5 Å². The van der Waals surface area contributed by atoms with E-state index in [9.17, 15) is 24.0 Å². The molecule has 12 heteroatoms. The molecular weight excluding hydrogens is 662 g/mol. The van der Waals surface area contributed by atoms with E-state index < -0.39 is 47.5 Å². The Bertz CT molecular complexity index is 1480. The molecule has 0 aromatic heterocycles. The number of hydrogen-bond donors (Lipinski definition) is 4. The van der Waals surface area contributed by atoms with Crippen LogP contribution in [0.15, 0.2) is 60.7 Å². The van der Waals surface area contributed by atoms with E-state index in [1.54, 1.807) is 6.92 Å². The lowest BCUT2D eigenvalue weighted by atomic mass is 9.89. The quantitative estimate of drug-likeness (QED) is 0.152. The van der Waals surface area contributed by atoms with Crippen molar-refractivity contribution in [1.29, 1.82) is 0 Å². The third kappa shape index (κ3) is 12.5. The molecule has 4 rings (SSSR count). The Hall–Kier alpha value is -4.13. The molecule has 2 aromatic carbocycles. The van der Waals surface area contributed by atoms with E-state index in [0.29, 0.717) is 58.6 Å². The van der Waals surface area contributed by atoms with Gasteiger partial charge >= 0.3 is 0 Å². The fraction of sp³-hybridized carbons (Fsp3) is 0.575. The predicted molar refractivity (Wildman–Crippen MR) is 198 cm³/mol. The highest BCUT2D eigenvalue weighted by atomic mass is 16.6. The van der Waals surface area contributed by atoms with Crippen molar-refractivity contribution in [3.63, 3.8) is 0 Å². The first-order chi connectivity index (χ1) is 24.9. The van der Waals surface area contributed by atoms with Crippen molar-refractivity contribution in [3.8, 4) is 0 Å². The van der Waals surface area contributed by atoms with Crippen molar-refractivity contribution < 1.29 is 33.4 Å². The van der Waals surface area contributed by atoms with Crippen molar-refractivity contribution >= 4 is 29.4 Å². The summed E-state index contributed by atoms with van der Waals surface area (Å²) in [6.07, 6.45) is 1.99. The average Bonchev–Trinajstić information content (AvgIpc) is 3.90. The summed E-state index contributed by atoms with van der Waals surface area (Å²) in [6.45, 7) is 12.2. The molecule has 0 radical (unpaired) electrons. The van der Waals surface area contributed by atoms with E-state index in [2.05, 4.69) is 21.3 Å². The fourth-order valence-corrected chi connectivity index (χ4v) is 6.27. The monoisotopic (exact) mass is 719 g/mol. The first-order valence-electron chi connectivity index (χ1n) is 18.6. The molecule has 2 aliphatic rings. The number of hydrogen-bond acceptors (Lipinski definition) is 8. The number of benzene rings is 2. The Kier molecular flexibility index (Phi) is 15.3. The number of amides is 4. The molecule has 52 heavy (non-hydrogen) atoms. The van der Waals surface area contributed by atoms with Gasteiger partial charge in [-0.2, -0.15) is 0 Å². The van der Waals surface area contributed by atoms with Crippen LogP contribution in [-0.4, -0.2) is 104 Å². The Labute approximate surface area is 308 Å². The summed E-state index contributed by atoms with van der Waals surface area (Å²) in [5.74, 6) is -2.12. The summed E-state index contributed by atoms with van der Waals surface area (Å²) in [6, 6.07) is 15.3. The predicted octanol–water partition coefficient (Wildman–Crippen LogP) is 2.58. The summed E-state index contributed by atoms with van der Waals surface area (Å²) in [5, 5.41) is 11.7. The minimum absolute atomic E-state index is 0.0165. The number of morpholine rings is 1. The van der Waals surface area contributed by atoms with Gasteiger partial charge in [-0.1, -0.05) is 94.8 Å². The number of rotatable bonds is 20. The zero-order chi connectivity index (χ0) is 37.7. The maximum absolute atomic E-state index is 14.1. The van der Waals surface area contributed by atoms with Crippen LogP contribution in [0.3, 0.4) is 0 Å². The summed E-state index contributed by atoms with van der Waals surface area (Å²) in [5.41, 5.74) is 0.909. The van der Waals surface area contributed by atoms with Gasteiger partial charge in [0.1, 0.15) is 23.7 Å². The van der Waals surface area contributed by atoms with E-state index in [0.717, 1.165) is 11.1 Å². The standard InChI is InChI=1S/C40H57N5O7/c1-6-28(4)35(36(47)40(5)26-52-40)44-39(50)33(24-30-15-11-8-12-16-30)43-38(49)32(23-27(2)3)42-37(48)31(18-17-29-13-9-7-10-14-29)41-34(46)25-45-19-21-51-22-20-45/h7-16,27-28,31-33,35H,6,17-26H2,1-5H3,(H,41,46)(H,42,48)(H,43,49)(H,44,50)/t28?,31-,32?,33?,35?,40?/m0/s1. The highest BCUT2D eigenvalue weighted by molar-refractivity contribution is 5.99. The van der Waals surface area contributed by atoms with Gasteiger partial charge in [-0.25, -0.2) is 0 Å². The number of nitrogens with one attached hydrogen (secondary N) is 4. The van der Waals surface area contributed by atoms with Gasteiger partial charge < -0.3 is 30.7 Å². The SMILES string of the molecule is CCC(C)C(NC(=O)C(Cc1ccccc1)NC(=O)C(CC(C)C)NC(=O)[C@H](CCc1ccccc1)NC(=O)CN1CCOCC1)C(=O)C1(C)CO1. The van der Waals surface area contributed by atoms with Gasteiger partial charge in [-0.05, 0) is 49.1 Å². The number of epoxide rings is 1. The number of aryl methyl sites for hydroxylation is 1. The summed E-state index contributed by atoms with van der Waals surface area (Å²) >= 11 is 0. The van der Waals surface area contributed by atoms with Crippen LogP contribution >= 0.6 is 0 Å². The molecule has 4 amide bonds.